The molecule has 0 aliphatic heterocycles. The van der Waals surface area contributed by atoms with E-state index in [1.54, 1.807) is 14.2 Å². The Labute approximate surface area is 115 Å². The standard InChI is InChI=1S/C16H23NO2/c1-18-14-6-5-13(16(9-14)19-2)10-17-15-8-11-3-4-12(15)7-11/h5-6,9,11-12,15,17H,3-4,7-8,10H2,1-2H3/t11-,12-,15-/m0/s1. The van der Waals surface area contributed by atoms with Gasteiger partial charge in [-0.2, -0.15) is 0 Å². The summed E-state index contributed by atoms with van der Waals surface area (Å²) in [5.41, 5.74) is 1.21. The fraction of sp³-hybridized carbons (Fsp3) is 0.625. The minimum absolute atomic E-state index is 0.713. The molecule has 3 atom stereocenters. The highest BCUT2D eigenvalue weighted by molar-refractivity contribution is 5.40. The van der Waals surface area contributed by atoms with Gasteiger partial charge in [0.1, 0.15) is 11.5 Å². The lowest BCUT2D eigenvalue weighted by Crippen LogP contribution is -2.33. The molecule has 2 aliphatic rings. The first-order chi connectivity index (χ1) is 9.30. The highest BCUT2D eigenvalue weighted by Gasteiger charge is 2.39. The van der Waals surface area contributed by atoms with Crippen molar-refractivity contribution >= 4 is 0 Å². The maximum atomic E-state index is 5.44. The molecule has 2 aliphatic carbocycles. The van der Waals surface area contributed by atoms with E-state index in [4.69, 9.17) is 9.47 Å². The molecule has 0 unspecified atom stereocenters. The summed E-state index contributed by atoms with van der Waals surface area (Å²) in [7, 11) is 3.40. The second kappa shape index (κ2) is 5.41. The quantitative estimate of drug-likeness (QED) is 0.884. The zero-order valence-corrected chi connectivity index (χ0v) is 11.8. The molecule has 104 valence electrons. The van der Waals surface area contributed by atoms with E-state index < -0.39 is 0 Å². The molecule has 2 bridgehead atoms. The summed E-state index contributed by atoms with van der Waals surface area (Å²) >= 11 is 0. The van der Waals surface area contributed by atoms with Crippen LogP contribution < -0.4 is 14.8 Å². The van der Waals surface area contributed by atoms with Crippen molar-refractivity contribution in [3.63, 3.8) is 0 Å². The molecule has 0 heterocycles. The Morgan fingerprint density at radius 1 is 1.16 bits per heavy atom. The van der Waals surface area contributed by atoms with Gasteiger partial charge in [0.25, 0.3) is 0 Å². The van der Waals surface area contributed by atoms with Crippen molar-refractivity contribution in [3.05, 3.63) is 23.8 Å². The SMILES string of the molecule is COc1ccc(CN[C@H]2C[C@H]3CC[C@H]2C3)c(OC)c1. The molecule has 2 fully saturated rings. The van der Waals surface area contributed by atoms with Crippen molar-refractivity contribution in [1.82, 2.24) is 5.32 Å². The molecule has 1 N–H and O–H groups in total. The van der Waals surface area contributed by atoms with Gasteiger partial charge in [0.05, 0.1) is 14.2 Å². The summed E-state index contributed by atoms with van der Waals surface area (Å²) in [6.45, 7) is 0.890. The van der Waals surface area contributed by atoms with Crippen LogP contribution in [0.5, 0.6) is 11.5 Å². The average Bonchev–Trinajstić information content (AvgIpc) is 3.07. The molecular formula is C16H23NO2. The first-order valence-electron chi connectivity index (χ1n) is 7.24. The summed E-state index contributed by atoms with van der Waals surface area (Å²) in [6, 6.07) is 6.77. The van der Waals surface area contributed by atoms with Gasteiger partial charge in [0, 0.05) is 24.2 Å². The minimum Gasteiger partial charge on any atom is -0.497 e. The van der Waals surface area contributed by atoms with Gasteiger partial charge in [-0.15, -0.1) is 0 Å². The summed E-state index contributed by atoms with van der Waals surface area (Å²) in [4.78, 5) is 0. The predicted octanol–water partition coefficient (Wildman–Crippen LogP) is 2.98. The van der Waals surface area contributed by atoms with Crippen LogP contribution in [0, 0.1) is 11.8 Å². The van der Waals surface area contributed by atoms with Crippen LogP contribution in [-0.2, 0) is 6.54 Å². The maximum absolute atomic E-state index is 5.44. The second-order valence-corrected chi connectivity index (χ2v) is 5.84. The summed E-state index contributed by atoms with van der Waals surface area (Å²) in [6.07, 6.45) is 5.68. The second-order valence-electron chi connectivity index (χ2n) is 5.84. The van der Waals surface area contributed by atoms with Crippen LogP contribution in [0.25, 0.3) is 0 Å². The molecule has 0 radical (unpaired) electrons. The number of hydrogen-bond donors (Lipinski definition) is 1. The number of methoxy groups -OCH3 is 2. The van der Waals surface area contributed by atoms with Crippen LogP contribution in [0.3, 0.4) is 0 Å². The molecule has 2 saturated carbocycles. The smallest absolute Gasteiger partial charge is 0.127 e. The molecule has 0 spiro atoms. The van der Waals surface area contributed by atoms with E-state index in [2.05, 4.69) is 11.4 Å². The highest BCUT2D eigenvalue weighted by atomic mass is 16.5. The minimum atomic E-state index is 0.713. The molecule has 0 amide bonds. The van der Waals surface area contributed by atoms with Crippen molar-refractivity contribution in [2.24, 2.45) is 11.8 Å². The van der Waals surface area contributed by atoms with Crippen LogP contribution in [0.15, 0.2) is 18.2 Å². The van der Waals surface area contributed by atoms with Gasteiger partial charge in [0.15, 0.2) is 0 Å². The Bertz CT molecular complexity index is 446. The number of hydrogen-bond acceptors (Lipinski definition) is 3. The average molecular weight is 261 g/mol. The largest absolute Gasteiger partial charge is 0.497 e. The number of nitrogens with one attached hydrogen (secondary N) is 1. The van der Waals surface area contributed by atoms with Crippen molar-refractivity contribution in [2.45, 2.75) is 38.3 Å². The van der Waals surface area contributed by atoms with Crippen molar-refractivity contribution in [1.29, 1.82) is 0 Å². The number of fused-ring (bicyclic) bond motifs is 2. The Morgan fingerprint density at radius 2 is 2.05 bits per heavy atom. The van der Waals surface area contributed by atoms with Crippen molar-refractivity contribution in [3.8, 4) is 11.5 Å². The van der Waals surface area contributed by atoms with Gasteiger partial charge in [-0.1, -0.05) is 12.5 Å². The molecule has 0 saturated heterocycles. The molecule has 1 aromatic rings. The topological polar surface area (TPSA) is 30.5 Å². The van der Waals surface area contributed by atoms with E-state index in [9.17, 15) is 0 Å². The van der Waals surface area contributed by atoms with E-state index in [1.807, 2.05) is 12.1 Å². The Balaban J connectivity index is 1.63. The van der Waals surface area contributed by atoms with Crippen LogP contribution in [-0.4, -0.2) is 20.3 Å². The summed E-state index contributed by atoms with van der Waals surface area (Å²) in [5, 5.41) is 3.72. The highest BCUT2D eigenvalue weighted by Crippen LogP contribution is 2.44. The number of rotatable bonds is 5. The van der Waals surface area contributed by atoms with Crippen molar-refractivity contribution in [2.75, 3.05) is 14.2 Å². The summed E-state index contributed by atoms with van der Waals surface area (Å²) in [5.74, 6) is 3.66. The first kappa shape index (κ1) is 12.8. The van der Waals surface area contributed by atoms with Gasteiger partial charge in [-0.3, -0.25) is 0 Å². The van der Waals surface area contributed by atoms with Crippen LogP contribution in [0.2, 0.25) is 0 Å². The van der Waals surface area contributed by atoms with Gasteiger partial charge in [-0.05, 0) is 37.2 Å². The lowest BCUT2D eigenvalue weighted by atomic mass is 9.95. The van der Waals surface area contributed by atoms with Gasteiger partial charge in [-0.25, -0.2) is 0 Å². The normalized spacial score (nSPS) is 28.6. The lowest BCUT2D eigenvalue weighted by molar-refractivity contribution is 0.345. The third-order valence-electron chi connectivity index (χ3n) is 4.79. The van der Waals surface area contributed by atoms with E-state index in [1.165, 1.54) is 31.2 Å². The third kappa shape index (κ3) is 2.57. The van der Waals surface area contributed by atoms with Crippen molar-refractivity contribution < 1.29 is 9.47 Å². The predicted molar refractivity (Wildman–Crippen MR) is 75.6 cm³/mol. The third-order valence-corrected chi connectivity index (χ3v) is 4.79. The van der Waals surface area contributed by atoms with Gasteiger partial charge >= 0.3 is 0 Å². The molecule has 3 heteroatoms. The fourth-order valence-corrected chi connectivity index (χ4v) is 3.73. The molecule has 19 heavy (non-hydrogen) atoms. The number of ether oxygens (including phenoxy) is 2. The number of benzene rings is 1. The zero-order valence-electron chi connectivity index (χ0n) is 11.8. The molecule has 1 aromatic carbocycles. The molecule has 3 rings (SSSR count). The maximum Gasteiger partial charge on any atom is 0.127 e. The molecule has 0 aromatic heterocycles. The van der Waals surface area contributed by atoms with Crippen LogP contribution >= 0.6 is 0 Å². The van der Waals surface area contributed by atoms with Gasteiger partial charge in [0.2, 0.25) is 0 Å². The van der Waals surface area contributed by atoms with E-state index in [-0.39, 0.29) is 0 Å². The Morgan fingerprint density at radius 3 is 2.68 bits per heavy atom. The summed E-state index contributed by atoms with van der Waals surface area (Å²) < 4.78 is 10.7. The monoisotopic (exact) mass is 261 g/mol. The zero-order chi connectivity index (χ0) is 13.2. The Kier molecular flexibility index (Phi) is 3.65. The first-order valence-corrected chi connectivity index (χ1v) is 7.24. The van der Waals surface area contributed by atoms with E-state index in [0.717, 1.165) is 29.9 Å². The molecular weight excluding hydrogens is 238 g/mol. The van der Waals surface area contributed by atoms with Crippen LogP contribution in [0.4, 0.5) is 0 Å². The molecule has 3 nitrogen and oxygen atoms in total. The lowest BCUT2D eigenvalue weighted by Gasteiger charge is -2.23. The van der Waals surface area contributed by atoms with E-state index in [0.29, 0.717) is 6.04 Å². The van der Waals surface area contributed by atoms with E-state index >= 15 is 0 Å². The van der Waals surface area contributed by atoms with Crippen LogP contribution in [0.1, 0.15) is 31.2 Å². The van der Waals surface area contributed by atoms with Gasteiger partial charge < -0.3 is 14.8 Å². The Hall–Kier alpha value is -1.22. The fourth-order valence-electron chi connectivity index (χ4n) is 3.73.